The highest BCUT2D eigenvalue weighted by atomic mass is 16.5. The summed E-state index contributed by atoms with van der Waals surface area (Å²) < 4.78 is 12.2. The third-order valence-electron chi connectivity index (χ3n) is 2.41. The van der Waals surface area contributed by atoms with Crippen molar-refractivity contribution in [1.82, 2.24) is 15.1 Å². The van der Waals surface area contributed by atoms with Crippen LogP contribution in [0.25, 0.3) is 0 Å². The van der Waals surface area contributed by atoms with Crippen LogP contribution < -0.4 is 5.32 Å². The van der Waals surface area contributed by atoms with E-state index in [4.69, 9.17) is 9.47 Å². The molecule has 1 aromatic rings. The van der Waals surface area contributed by atoms with E-state index in [1.807, 2.05) is 16.9 Å². The molecule has 0 saturated carbocycles. The quantitative estimate of drug-likeness (QED) is 0.619. The van der Waals surface area contributed by atoms with Crippen molar-refractivity contribution >= 4 is 0 Å². The zero-order valence-corrected chi connectivity index (χ0v) is 10.8. The van der Waals surface area contributed by atoms with E-state index in [0.29, 0.717) is 19.3 Å². The van der Waals surface area contributed by atoms with Gasteiger partial charge in [-0.25, -0.2) is 0 Å². The molecule has 1 N–H and O–H groups in total. The van der Waals surface area contributed by atoms with E-state index in [0.717, 1.165) is 26.1 Å². The lowest BCUT2D eigenvalue weighted by molar-refractivity contribution is 0.0692. The van der Waals surface area contributed by atoms with Crippen LogP contribution in [-0.4, -0.2) is 49.3 Å². The third-order valence-corrected chi connectivity index (χ3v) is 2.41. The van der Waals surface area contributed by atoms with Gasteiger partial charge in [0.1, 0.15) is 0 Å². The molecule has 0 aromatic carbocycles. The lowest BCUT2D eigenvalue weighted by Crippen LogP contribution is -2.31. The number of nitrogens with one attached hydrogen (secondary N) is 1. The summed E-state index contributed by atoms with van der Waals surface area (Å²) in [5, 5.41) is 7.61. The second kappa shape index (κ2) is 9.15. The first-order chi connectivity index (χ1) is 8.33. The van der Waals surface area contributed by atoms with Gasteiger partial charge in [0.15, 0.2) is 0 Å². The van der Waals surface area contributed by atoms with E-state index in [1.165, 1.54) is 0 Å². The molecular weight excluding hydrogens is 218 g/mol. The van der Waals surface area contributed by atoms with Crippen LogP contribution in [0.4, 0.5) is 0 Å². The number of hydrogen-bond donors (Lipinski definition) is 1. The summed E-state index contributed by atoms with van der Waals surface area (Å²) in [5.41, 5.74) is 0. The molecule has 5 nitrogen and oxygen atoms in total. The van der Waals surface area contributed by atoms with Crippen molar-refractivity contribution in [1.29, 1.82) is 0 Å². The molecule has 0 aliphatic rings. The van der Waals surface area contributed by atoms with Crippen LogP contribution in [-0.2, 0) is 16.0 Å². The maximum Gasteiger partial charge on any atom is 0.0700 e. The average Bonchev–Trinajstić information content (AvgIpc) is 2.80. The first-order valence-corrected chi connectivity index (χ1v) is 6.10. The molecule has 0 amide bonds. The predicted molar refractivity (Wildman–Crippen MR) is 67.0 cm³/mol. The molecule has 1 unspecified atom stereocenters. The number of ether oxygens (including phenoxy) is 2. The fourth-order valence-electron chi connectivity index (χ4n) is 1.52. The van der Waals surface area contributed by atoms with Gasteiger partial charge in [-0.2, -0.15) is 5.10 Å². The summed E-state index contributed by atoms with van der Waals surface area (Å²) in [4.78, 5) is 0. The molecule has 98 valence electrons. The Morgan fingerprint density at radius 2 is 2.24 bits per heavy atom. The second-order valence-corrected chi connectivity index (χ2v) is 4.04. The van der Waals surface area contributed by atoms with Gasteiger partial charge in [0.05, 0.1) is 19.8 Å². The molecule has 0 aliphatic carbocycles. The molecule has 0 aliphatic heterocycles. The minimum absolute atomic E-state index is 0.425. The Hall–Kier alpha value is -0.910. The maximum absolute atomic E-state index is 5.38. The van der Waals surface area contributed by atoms with Crippen molar-refractivity contribution in [3.63, 3.8) is 0 Å². The van der Waals surface area contributed by atoms with Crippen molar-refractivity contribution in [3.8, 4) is 0 Å². The average molecular weight is 241 g/mol. The monoisotopic (exact) mass is 241 g/mol. The second-order valence-electron chi connectivity index (χ2n) is 4.04. The van der Waals surface area contributed by atoms with Crippen LogP contribution in [0.15, 0.2) is 18.5 Å². The first kappa shape index (κ1) is 14.2. The Labute approximate surface area is 103 Å². The lowest BCUT2D eigenvalue weighted by atomic mass is 10.3. The van der Waals surface area contributed by atoms with Crippen LogP contribution in [0, 0.1) is 0 Å². The molecule has 0 bridgehead atoms. The summed E-state index contributed by atoms with van der Waals surface area (Å²) in [5.74, 6) is 0. The molecule has 17 heavy (non-hydrogen) atoms. The van der Waals surface area contributed by atoms with Crippen LogP contribution >= 0.6 is 0 Å². The van der Waals surface area contributed by atoms with E-state index >= 15 is 0 Å². The smallest absolute Gasteiger partial charge is 0.0700 e. The summed E-state index contributed by atoms with van der Waals surface area (Å²) in [6.07, 6.45) is 4.80. The number of rotatable bonds is 10. The normalized spacial score (nSPS) is 12.8. The Morgan fingerprint density at radius 1 is 1.35 bits per heavy atom. The Balaban J connectivity index is 1.92. The fraction of sp³-hybridized carbons (Fsp3) is 0.750. The van der Waals surface area contributed by atoms with Gasteiger partial charge in [0.2, 0.25) is 0 Å². The summed E-state index contributed by atoms with van der Waals surface area (Å²) in [7, 11) is 1.68. The Bertz CT molecular complexity index is 265. The van der Waals surface area contributed by atoms with E-state index in [1.54, 1.807) is 13.3 Å². The third kappa shape index (κ3) is 7.10. The lowest BCUT2D eigenvalue weighted by Gasteiger charge is -2.13. The van der Waals surface area contributed by atoms with Crippen LogP contribution in [0.5, 0.6) is 0 Å². The summed E-state index contributed by atoms with van der Waals surface area (Å²) >= 11 is 0. The van der Waals surface area contributed by atoms with E-state index < -0.39 is 0 Å². The molecule has 5 heteroatoms. The molecule has 0 saturated heterocycles. The molecule has 1 heterocycles. The highest BCUT2D eigenvalue weighted by Gasteiger charge is 2.01. The molecular formula is C12H23N3O2. The minimum atomic E-state index is 0.425. The molecule has 0 spiro atoms. The standard InChI is InChI=1S/C12H23N3O2/c1-12(11-15-7-3-6-14-15)13-5-4-8-17-10-9-16-2/h3,6-7,12-13H,4-5,8-11H2,1-2H3. The molecule has 1 atom stereocenters. The van der Waals surface area contributed by atoms with Gasteiger partial charge in [-0.15, -0.1) is 0 Å². The number of hydrogen-bond acceptors (Lipinski definition) is 4. The Kier molecular flexibility index (Phi) is 7.62. The number of methoxy groups -OCH3 is 1. The van der Waals surface area contributed by atoms with Gasteiger partial charge in [0.25, 0.3) is 0 Å². The van der Waals surface area contributed by atoms with Gasteiger partial charge in [-0.05, 0) is 26.0 Å². The summed E-state index contributed by atoms with van der Waals surface area (Å²) in [6.45, 7) is 6.16. The predicted octanol–water partition coefficient (Wildman–Crippen LogP) is 0.914. The van der Waals surface area contributed by atoms with Crippen LogP contribution in [0.2, 0.25) is 0 Å². The zero-order chi connectivity index (χ0) is 12.3. The van der Waals surface area contributed by atoms with Gasteiger partial charge >= 0.3 is 0 Å². The van der Waals surface area contributed by atoms with E-state index in [9.17, 15) is 0 Å². The Morgan fingerprint density at radius 3 is 2.94 bits per heavy atom. The SMILES string of the molecule is COCCOCCCNC(C)Cn1cccn1. The largest absolute Gasteiger partial charge is 0.382 e. The molecule has 0 fully saturated rings. The summed E-state index contributed by atoms with van der Waals surface area (Å²) in [6, 6.07) is 2.37. The van der Waals surface area contributed by atoms with Crippen molar-refractivity contribution in [2.24, 2.45) is 0 Å². The van der Waals surface area contributed by atoms with Crippen molar-refractivity contribution in [2.75, 3.05) is 33.5 Å². The van der Waals surface area contributed by atoms with Crippen LogP contribution in [0.3, 0.4) is 0 Å². The topological polar surface area (TPSA) is 48.3 Å². The van der Waals surface area contributed by atoms with Gasteiger partial charge in [-0.3, -0.25) is 4.68 Å². The van der Waals surface area contributed by atoms with E-state index in [2.05, 4.69) is 17.3 Å². The number of nitrogens with zero attached hydrogens (tertiary/aromatic N) is 2. The maximum atomic E-state index is 5.38. The van der Waals surface area contributed by atoms with Crippen molar-refractivity contribution in [3.05, 3.63) is 18.5 Å². The van der Waals surface area contributed by atoms with Gasteiger partial charge in [-0.1, -0.05) is 0 Å². The molecule has 1 aromatic heterocycles. The fourth-order valence-corrected chi connectivity index (χ4v) is 1.52. The zero-order valence-electron chi connectivity index (χ0n) is 10.8. The highest BCUT2D eigenvalue weighted by molar-refractivity contribution is 4.78. The van der Waals surface area contributed by atoms with E-state index in [-0.39, 0.29) is 0 Å². The highest BCUT2D eigenvalue weighted by Crippen LogP contribution is 1.91. The number of aromatic nitrogens is 2. The van der Waals surface area contributed by atoms with Crippen LogP contribution in [0.1, 0.15) is 13.3 Å². The first-order valence-electron chi connectivity index (χ1n) is 6.10. The molecule has 0 radical (unpaired) electrons. The molecule has 1 rings (SSSR count). The van der Waals surface area contributed by atoms with Gasteiger partial charge in [0, 0.05) is 32.2 Å². The minimum Gasteiger partial charge on any atom is -0.382 e. The van der Waals surface area contributed by atoms with Crippen molar-refractivity contribution < 1.29 is 9.47 Å². The van der Waals surface area contributed by atoms with Gasteiger partial charge < -0.3 is 14.8 Å². The van der Waals surface area contributed by atoms with Crippen molar-refractivity contribution in [2.45, 2.75) is 25.9 Å².